The first-order valence-corrected chi connectivity index (χ1v) is 7.91. The van der Waals surface area contributed by atoms with Gasteiger partial charge in [0, 0.05) is 11.6 Å². The maximum Gasteiger partial charge on any atom is 0.131 e. The molecule has 0 aliphatic carbocycles. The SMILES string of the molecule is CCNC(c1csc(I)c1)c1cc(C)c(F)cc1F. The Bertz CT molecular complexity index is 583. The predicted molar refractivity (Wildman–Crippen MR) is 83.7 cm³/mol. The predicted octanol–water partition coefficient (Wildman–Crippen LogP) is 4.64. The molecular weight excluding hydrogens is 379 g/mol. The molecule has 1 nitrogen and oxygen atoms in total. The van der Waals surface area contributed by atoms with Crippen LogP contribution in [0, 0.1) is 21.4 Å². The standard InChI is InChI=1S/C14H14F2INS/c1-3-18-14(9-5-13(17)19-7-9)10-4-8(2)11(15)6-12(10)16/h4-7,14,18H,3H2,1-2H3. The van der Waals surface area contributed by atoms with E-state index in [0.717, 1.165) is 14.5 Å². The van der Waals surface area contributed by atoms with Crippen molar-refractivity contribution in [3.8, 4) is 0 Å². The van der Waals surface area contributed by atoms with Crippen molar-refractivity contribution in [1.29, 1.82) is 0 Å². The Hall–Kier alpha value is -0.530. The van der Waals surface area contributed by atoms with E-state index >= 15 is 0 Å². The van der Waals surface area contributed by atoms with E-state index in [4.69, 9.17) is 0 Å². The Kier molecular flexibility index (Phi) is 4.92. The maximum absolute atomic E-state index is 14.0. The molecular formula is C14H14F2INS. The molecule has 1 aromatic heterocycles. The van der Waals surface area contributed by atoms with Crippen LogP contribution in [0.15, 0.2) is 23.6 Å². The fraction of sp³-hybridized carbons (Fsp3) is 0.286. The first-order chi connectivity index (χ1) is 9.02. The summed E-state index contributed by atoms with van der Waals surface area (Å²) in [5.41, 5.74) is 1.97. The van der Waals surface area contributed by atoms with Crippen molar-refractivity contribution < 1.29 is 8.78 Å². The summed E-state index contributed by atoms with van der Waals surface area (Å²) in [6.07, 6.45) is 0. The lowest BCUT2D eigenvalue weighted by Crippen LogP contribution is -2.22. The molecule has 1 N–H and O–H groups in total. The van der Waals surface area contributed by atoms with Gasteiger partial charge in [0.2, 0.25) is 0 Å². The number of halogens is 3. The van der Waals surface area contributed by atoms with Gasteiger partial charge in [0.15, 0.2) is 0 Å². The third-order valence-electron chi connectivity index (χ3n) is 2.92. The van der Waals surface area contributed by atoms with Crippen LogP contribution < -0.4 is 5.32 Å². The molecule has 0 fully saturated rings. The molecule has 0 amide bonds. The topological polar surface area (TPSA) is 12.0 Å². The second kappa shape index (κ2) is 6.28. The normalized spacial score (nSPS) is 12.7. The summed E-state index contributed by atoms with van der Waals surface area (Å²) in [7, 11) is 0. The summed E-state index contributed by atoms with van der Waals surface area (Å²) in [6, 6.07) is 4.34. The van der Waals surface area contributed by atoms with Crippen molar-refractivity contribution in [3.05, 3.63) is 54.8 Å². The minimum atomic E-state index is -0.504. The average Bonchev–Trinajstić information content (AvgIpc) is 2.78. The zero-order valence-electron chi connectivity index (χ0n) is 10.6. The molecule has 1 atom stereocenters. The van der Waals surface area contributed by atoms with Gasteiger partial charge in [0.1, 0.15) is 11.6 Å². The van der Waals surface area contributed by atoms with Gasteiger partial charge in [0.25, 0.3) is 0 Å². The molecule has 1 aromatic carbocycles. The van der Waals surface area contributed by atoms with Gasteiger partial charge in [0.05, 0.1) is 8.93 Å². The van der Waals surface area contributed by atoms with Crippen molar-refractivity contribution in [1.82, 2.24) is 5.32 Å². The van der Waals surface area contributed by atoms with E-state index in [1.54, 1.807) is 24.3 Å². The van der Waals surface area contributed by atoms with Gasteiger partial charge in [-0.05, 0) is 64.7 Å². The van der Waals surface area contributed by atoms with Gasteiger partial charge in [-0.15, -0.1) is 11.3 Å². The van der Waals surface area contributed by atoms with Crippen LogP contribution in [-0.2, 0) is 0 Å². The summed E-state index contributed by atoms with van der Waals surface area (Å²) in [5.74, 6) is -1.01. The fourth-order valence-corrected chi connectivity index (χ4v) is 3.38. The number of benzene rings is 1. The quantitative estimate of drug-likeness (QED) is 0.747. The first-order valence-electron chi connectivity index (χ1n) is 5.95. The molecule has 5 heteroatoms. The summed E-state index contributed by atoms with van der Waals surface area (Å²) < 4.78 is 28.5. The second-order valence-electron chi connectivity index (χ2n) is 4.30. The third kappa shape index (κ3) is 3.32. The number of aryl methyl sites for hydroxylation is 1. The van der Waals surface area contributed by atoms with Gasteiger partial charge in [-0.25, -0.2) is 8.78 Å². The molecule has 0 aliphatic heterocycles. The fourth-order valence-electron chi connectivity index (χ4n) is 1.99. The molecule has 1 unspecified atom stereocenters. The van der Waals surface area contributed by atoms with Crippen LogP contribution >= 0.6 is 33.9 Å². The van der Waals surface area contributed by atoms with Crippen LogP contribution in [-0.4, -0.2) is 6.54 Å². The van der Waals surface area contributed by atoms with Gasteiger partial charge in [-0.3, -0.25) is 0 Å². The highest BCUT2D eigenvalue weighted by molar-refractivity contribution is 14.1. The summed E-state index contributed by atoms with van der Waals surface area (Å²) in [4.78, 5) is 0. The molecule has 0 radical (unpaired) electrons. The van der Waals surface area contributed by atoms with Crippen LogP contribution in [0.3, 0.4) is 0 Å². The molecule has 0 bridgehead atoms. The highest BCUT2D eigenvalue weighted by Crippen LogP contribution is 2.30. The molecule has 0 saturated heterocycles. The highest BCUT2D eigenvalue weighted by Gasteiger charge is 2.19. The Labute approximate surface area is 129 Å². The van der Waals surface area contributed by atoms with Crippen molar-refractivity contribution >= 4 is 33.9 Å². The molecule has 1 heterocycles. The lowest BCUT2D eigenvalue weighted by atomic mass is 9.98. The molecule has 19 heavy (non-hydrogen) atoms. The van der Waals surface area contributed by atoms with E-state index < -0.39 is 11.6 Å². The van der Waals surface area contributed by atoms with Gasteiger partial charge >= 0.3 is 0 Å². The van der Waals surface area contributed by atoms with Crippen LogP contribution in [0.25, 0.3) is 0 Å². The van der Waals surface area contributed by atoms with E-state index in [1.807, 2.05) is 18.4 Å². The number of rotatable bonds is 4. The van der Waals surface area contributed by atoms with E-state index in [2.05, 4.69) is 27.9 Å². The Balaban J connectivity index is 2.47. The molecule has 102 valence electrons. The Morgan fingerprint density at radius 2 is 2.00 bits per heavy atom. The molecule has 0 aliphatic rings. The molecule has 2 aromatic rings. The lowest BCUT2D eigenvalue weighted by molar-refractivity contribution is 0.538. The maximum atomic E-state index is 14.0. The van der Waals surface area contributed by atoms with E-state index in [9.17, 15) is 8.78 Å². The van der Waals surface area contributed by atoms with E-state index in [-0.39, 0.29) is 6.04 Å². The van der Waals surface area contributed by atoms with Crippen LogP contribution in [0.5, 0.6) is 0 Å². The minimum Gasteiger partial charge on any atom is -0.306 e. The Morgan fingerprint density at radius 1 is 1.26 bits per heavy atom. The van der Waals surface area contributed by atoms with Gasteiger partial charge in [-0.1, -0.05) is 6.92 Å². The molecule has 2 rings (SSSR count). The zero-order valence-corrected chi connectivity index (χ0v) is 13.6. The first kappa shape index (κ1) is 14.9. The number of nitrogens with one attached hydrogen (secondary N) is 1. The second-order valence-corrected chi connectivity index (χ2v) is 7.10. The van der Waals surface area contributed by atoms with Crippen molar-refractivity contribution in [2.45, 2.75) is 19.9 Å². The van der Waals surface area contributed by atoms with E-state index in [1.165, 1.54) is 0 Å². The van der Waals surface area contributed by atoms with Crippen LogP contribution in [0.2, 0.25) is 0 Å². The van der Waals surface area contributed by atoms with Gasteiger partial charge in [-0.2, -0.15) is 0 Å². The average molecular weight is 393 g/mol. The molecule has 0 saturated carbocycles. The minimum absolute atomic E-state index is 0.232. The van der Waals surface area contributed by atoms with E-state index in [0.29, 0.717) is 17.7 Å². The zero-order chi connectivity index (χ0) is 14.0. The summed E-state index contributed by atoms with van der Waals surface area (Å²) in [6.45, 7) is 4.34. The third-order valence-corrected chi connectivity index (χ3v) is 4.73. The molecule has 0 spiro atoms. The Morgan fingerprint density at radius 3 is 2.58 bits per heavy atom. The monoisotopic (exact) mass is 393 g/mol. The van der Waals surface area contributed by atoms with Crippen LogP contribution in [0.1, 0.15) is 29.7 Å². The lowest BCUT2D eigenvalue weighted by Gasteiger charge is -2.19. The van der Waals surface area contributed by atoms with Crippen LogP contribution in [0.4, 0.5) is 8.78 Å². The smallest absolute Gasteiger partial charge is 0.131 e. The van der Waals surface area contributed by atoms with Crippen molar-refractivity contribution in [3.63, 3.8) is 0 Å². The van der Waals surface area contributed by atoms with Crippen molar-refractivity contribution in [2.75, 3.05) is 6.54 Å². The largest absolute Gasteiger partial charge is 0.306 e. The number of hydrogen-bond donors (Lipinski definition) is 1. The number of thiophene rings is 1. The van der Waals surface area contributed by atoms with Gasteiger partial charge < -0.3 is 5.32 Å². The highest BCUT2D eigenvalue weighted by atomic mass is 127. The summed E-state index contributed by atoms with van der Waals surface area (Å²) in [5, 5.41) is 5.26. The number of hydrogen-bond acceptors (Lipinski definition) is 2. The summed E-state index contributed by atoms with van der Waals surface area (Å²) >= 11 is 3.86. The van der Waals surface area contributed by atoms with Crippen molar-refractivity contribution in [2.24, 2.45) is 0 Å².